The van der Waals surface area contributed by atoms with Crippen molar-refractivity contribution in [3.8, 4) is 0 Å². The fourth-order valence-electron chi connectivity index (χ4n) is 2.32. The van der Waals surface area contributed by atoms with Gasteiger partial charge in [0, 0.05) is 26.2 Å². The van der Waals surface area contributed by atoms with Gasteiger partial charge in [0.15, 0.2) is 0 Å². The van der Waals surface area contributed by atoms with Crippen LogP contribution in [0.1, 0.15) is 12.5 Å². The van der Waals surface area contributed by atoms with Crippen LogP contribution in [0.2, 0.25) is 0 Å². The Kier molecular flexibility index (Phi) is 3.89. The number of anilines is 2. The summed E-state index contributed by atoms with van der Waals surface area (Å²) in [5.74, 6) is 0. The van der Waals surface area contributed by atoms with Crippen molar-refractivity contribution in [2.24, 2.45) is 0 Å². The summed E-state index contributed by atoms with van der Waals surface area (Å²) in [6.45, 7) is 6.51. The highest BCUT2D eigenvalue weighted by Gasteiger charge is 2.31. The van der Waals surface area contributed by atoms with E-state index in [4.69, 9.17) is 5.73 Å². The van der Waals surface area contributed by atoms with E-state index >= 15 is 0 Å². The van der Waals surface area contributed by atoms with E-state index in [0.717, 1.165) is 44.9 Å². The molecule has 0 spiro atoms. The molecule has 1 aromatic rings. The van der Waals surface area contributed by atoms with Gasteiger partial charge >= 0.3 is 6.18 Å². The summed E-state index contributed by atoms with van der Waals surface area (Å²) in [5.41, 5.74) is 5.96. The van der Waals surface area contributed by atoms with Crippen molar-refractivity contribution in [3.63, 3.8) is 0 Å². The van der Waals surface area contributed by atoms with Crippen molar-refractivity contribution >= 4 is 11.4 Å². The summed E-state index contributed by atoms with van der Waals surface area (Å²) in [4.78, 5) is 4.35. The first-order valence-corrected chi connectivity index (χ1v) is 6.36. The predicted octanol–water partition coefficient (Wildman–Crippen LogP) is 2.43. The molecule has 19 heavy (non-hydrogen) atoms. The summed E-state index contributed by atoms with van der Waals surface area (Å²) in [7, 11) is 0. The normalized spacial score (nSPS) is 17.8. The van der Waals surface area contributed by atoms with Crippen LogP contribution in [-0.2, 0) is 6.18 Å². The van der Waals surface area contributed by atoms with Gasteiger partial charge in [0.05, 0.1) is 16.9 Å². The molecule has 1 aliphatic heterocycles. The first kappa shape index (κ1) is 14.0. The van der Waals surface area contributed by atoms with Gasteiger partial charge in [-0.25, -0.2) is 0 Å². The predicted molar refractivity (Wildman–Crippen MR) is 70.2 cm³/mol. The largest absolute Gasteiger partial charge is 0.416 e. The molecule has 1 fully saturated rings. The number of hydrogen-bond acceptors (Lipinski definition) is 3. The molecular formula is C13H18F3N3. The van der Waals surface area contributed by atoms with E-state index in [9.17, 15) is 13.2 Å². The number of nitrogens with zero attached hydrogens (tertiary/aromatic N) is 2. The van der Waals surface area contributed by atoms with Gasteiger partial charge in [0.2, 0.25) is 0 Å². The molecular weight excluding hydrogens is 255 g/mol. The van der Waals surface area contributed by atoms with Gasteiger partial charge in [0.25, 0.3) is 0 Å². The SMILES string of the molecule is CCN1CCN(c2ccc(C(F)(F)F)cc2N)CC1. The van der Waals surface area contributed by atoms with Crippen LogP contribution in [0.3, 0.4) is 0 Å². The van der Waals surface area contributed by atoms with Gasteiger partial charge in [-0.1, -0.05) is 6.92 Å². The molecule has 0 bridgehead atoms. The Hall–Kier alpha value is -1.43. The van der Waals surface area contributed by atoms with Gasteiger partial charge in [0.1, 0.15) is 0 Å². The highest BCUT2D eigenvalue weighted by molar-refractivity contribution is 5.69. The van der Waals surface area contributed by atoms with Crippen LogP contribution < -0.4 is 10.6 Å². The summed E-state index contributed by atoms with van der Waals surface area (Å²) in [6, 6.07) is 3.58. The van der Waals surface area contributed by atoms with Crippen LogP contribution in [0, 0.1) is 0 Å². The average Bonchev–Trinajstić information content (AvgIpc) is 2.38. The Labute approximate surface area is 110 Å². The zero-order chi connectivity index (χ0) is 14.0. The number of nitrogen functional groups attached to an aromatic ring is 1. The zero-order valence-corrected chi connectivity index (χ0v) is 10.9. The number of nitrogens with two attached hydrogens (primary N) is 1. The lowest BCUT2D eigenvalue weighted by Crippen LogP contribution is -2.46. The first-order valence-electron chi connectivity index (χ1n) is 6.36. The Morgan fingerprint density at radius 1 is 1.16 bits per heavy atom. The lowest BCUT2D eigenvalue weighted by Gasteiger charge is -2.36. The highest BCUT2D eigenvalue weighted by atomic mass is 19.4. The van der Waals surface area contributed by atoms with Gasteiger partial charge in [-0.05, 0) is 24.7 Å². The second-order valence-electron chi connectivity index (χ2n) is 4.69. The number of halogens is 3. The quantitative estimate of drug-likeness (QED) is 0.840. The lowest BCUT2D eigenvalue weighted by atomic mass is 10.1. The average molecular weight is 273 g/mol. The van der Waals surface area contributed by atoms with Crippen LogP contribution in [0.4, 0.5) is 24.5 Å². The Morgan fingerprint density at radius 3 is 2.26 bits per heavy atom. The van der Waals surface area contributed by atoms with Gasteiger partial charge < -0.3 is 15.5 Å². The van der Waals surface area contributed by atoms with Gasteiger partial charge in [-0.2, -0.15) is 13.2 Å². The monoisotopic (exact) mass is 273 g/mol. The minimum absolute atomic E-state index is 0.194. The fourth-order valence-corrected chi connectivity index (χ4v) is 2.32. The molecule has 2 N–H and O–H groups in total. The standard InChI is InChI=1S/C13H18F3N3/c1-2-18-5-7-19(8-6-18)12-4-3-10(9-11(12)17)13(14,15)16/h3-4,9H,2,5-8,17H2,1H3. The second-order valence-corrected chi connectivity index (χ2v) is 4.69. The molecule has 0 saturated carbocycles. The van der Waals surface area contributed by atoms with E-state index in [-0.39, 0.29) is 5.69 Å². The molecule has 106 valence electrons. The summed E-state index contributed by atoms with van der Waals surface area (Å²) in [6.07, 6.45) is -4.34. The van der Waals surface area contributed by atoms with Crippen LogP contribution in [0.15, 0.2) is 18.2 Å². The van der Waals surface area contributed by atoms with E-state index < -0.39 is 11.7 Å². The maximum atomic E-state index is 12.6. The minimum atomic E-state index is -4.34. The molecule has 1 saturated heterocycles. The topological polar surface area (TPSA) is 32.5 Å². The molecule has 0 radical (unpaired) electrons. The number of rotatable bonds is 2. The van der Waals surface area contributed by atoms with Crippen LogP contribution in [-0.4, -0.2) is 37.6 Å². The van der Waals surface area contributed by atoms with Crippen molar-refractivity contribution in [1.82, 2.24) is 4.90 Å². The number of benzene rings is 1. The number of likely N-dealkylation sites (N-methyl/N-ethyl adjacent to an activating group) is 1. The first-order chi connectivity index (χ1) is 8.91. The molecule has 0 aliphatic carbocycles. The molecule has 1 aromatic carbocycles. The molecule has 3 nitrogen and oxygen atoms in total. The van der Waals surface area contributed by atoms with Crippen LogP contribution >= 0.6 is 0 Å². The van der Waals surface area contributed by atoms with Crippen molar-refractivity contribution < 1.29 is 13.2 Å². The number of piperazine rings is 1. The molecule has 6 heteroatoms. The van der Waals surface area contributed by atoms with Gasteiger partial charge in [-0.15, -0.1) is 0 Å². The maximum Gasteiger partial charge on any atom is 0.416 e. The van der Waals surface area contributed by atoms with Crippen LogP contribution in [0.25, 0.3) is 0 Å². The molecule has 0 amide bonds. The Bertz CT molecular complexity index is 437. The van der Waals surface area contributed by atoms with Crippen molar-refractivity contribution in [3.05, 3.63) is 23.8 Å². The number of hydrogen-bond donors (Lipinski definition) is 1. The van der Waals surface area contributed by atoms with E-state index in [2.05, 4.69) is 11.8 Å². The smallest absolute Gasteiger partial charge is 0.397 e. The molecule has 2 rings (SSSR count). The molecule has 1 aliphatic rings. The third-order valence-corrected chi connectivity index (χ3v) is 3.52. The molecule has 0 aromatic heterocycles. The minimum Gasteiger partial charge on any atom is -0.397 e. The van der Waals surface area contributed by atoms with Crippen molar-refractivity contribution in [1.29, 1.82) is 0 Å². The second kappa shape index (κ2) is 5.28. The van der Waals surface area contributed by atoms with E-state index in [1.807, 2.05) is 4.90 Å². The van der Waals surface area contributed by atoms with Crippen molar-refractivity contribution in [2.75, 3.05) is 43.4 Å². The van der Waals surface area contributed by atoms with Gasteiger partial charge in [-0.3, -0.25) is 0 Å². The summed E-state index contributed by atoms with van der Waals surface area (Å²) < 4.78 is 37.7. The molecule has 1 heterocycles. The van der Waals surface area contributed by atoms with Crippen LogP contribution in [0.5, 0.6) is 0 Å². The Morgan fingerprint density at radius 2 is 1.79 bits per heavy atom. The lowest BCUT2D eigenvalue weighted by molar-refractivity contribution is -0.137. The third kappa shape index (κ3) is 3.12. The van der Waals surface area contributed by atoms with Crippen molar-refractivity contribution in [2.45, 2.75) is 13.1 Å². The highest BCUT2D eigenvalue weighted by Crippen LogP contribution is 2.34. The molecule has 0 unspecified atom stereocenters. The summed E-state index contributed by atoms with van der Waals surface area (Å²) in [5, 5.41) is 0. The van der Waals surface area contributed by atoms with E-state index in [0.29, 0.717) is 5.69 Å². The summed E-state index contributed by atoms with van der Waals surface area (Å²) >= 11 is 0. The molecule has 0 atom stereocenters. The number of alkyl halides is 3. The fraction of sp³-hybridized carbons (Fsp3) is 0.538. The maximum absolute atomic E-state index is 12.6. The zero-order valence-electron chi connectivity index (χ0n) is 10.9. The van der Waals surface area contributed by atoms with E-state index in [1.165, 1.54) is 6.07 Å². The Balaban J connectivity index is 2.14. The van der Waals surface area contributed by atoms with E-state index in [1.54, 1.807) is 0 Å². The third-order valence-electron chi connectivity index (χ3n) is 3.52.